The molecule has 0 unspecified atom stereocenters. The monoisotopic (exact) mass is 360 g/mol. The molecule has 6 nitrogen and oxygen atoms in total. The molecule has 21 heavy (non-hydrogen) atoms. The molecule has 0 aliphatic carbocycles. The Kier molecular flexibility index (Phi) is 9.29. The number of hydrogen-bond acceptors (Lipinski definition) is 6. The third-order valence-electron chi connectivity index (χ3n) is 2.83. The molecule has 0 saturated heterocycles. The number of anilines is 2. The van der Waals surface area contributed by atoms with Crippen LogP contribution in [0.4, 0.5) is 11.6 Å². The summed E-state index contributed by atoms with van der Waals surface area (Å²) >= 11 is 3.59. The van der Waals surface area contributed by atoms with Crippen LogP contribution in [-0.2, 0) is 9.47 Å². The van der Waals surface area contributed by atoms with Gasteiger partial charge in [-0.3, -0.25) is 0 Å². The van der Waals surface area contributed by atoms with Gasteiger partial charge in [0.2, 0.25) is 0 Å². The SMILES string of the molecule is CCNc1ncnc(N(CCOCC)CCOCC)c1Br. The molecule has 0 atom stereocenters. The van der Waals surface area contributed by atoms with Crippen LogP contribution in [0.2, 0.25) is 0 Å². The first-order valence-corrected chi connectivity index (χ1v) is 8.18. The second kappa shape index (κ2) is 10.8. The third kappa shape index (κ3) is 6.15. The van der Waals surface area contributed by atoms with Gasteiger partial charge in [0.1, 0.15) is 22.4 Å². The highest BCUT2D eigenvalue weighted by Crippen LogP contribution is 2.29. The smallest absolute Gasteiger partial charge is 0.148 e. The average Bonchev–Trinajstić information content (AvgIpc) is 2.49. The summed E-state index contributed by atoms with van der Waals surface area (Å²) in [5.41, 5.74) is 0. The van der Waals surface area contributed by atoms with Gasteiger partial charge in [0.15, 0.2) is 0 Å². The van der Waals surface area contributed by atoms with Crippen LogP contribution in [0.15, 0.2) is 10.8 Å². The molecular weight excluding hydrogens is 336 g/mol. The number of ether oxygens (including phenoxy) is 2. The molecule has 0 aliphatic rings. The summed E-state index contributed by atoms with van der Waals surface area (Å²) in [6.45, 7) is 11.1. The minimum atomic E-state index is 0.662. The summed E-state index contributed by atoms with van der Waals surface area (Å²) in [5, 5.41) is 3.22. The van der Waals surface area contributed by atoms with Gasteiger partial charge >= 0.3 is 0 Å². The first kappa shape index (κ1) is 18.1. The van der Waals surface area contributed by atoms with Gasteiger partial charge in [0.25, 0.3) is 0 Å². The van der Waals surface area contributed by atoms with Crippen LogP contribution in [-0.4, -0.2) is 56.0 Å². The number of aromatic nitrogens is 2. The molecule has 0 amide bonds. The predicted octanol–water partition coefficient (Wildman–Crippen LogP) is 2.55. The largest absolute Gasteiger partial charge is 0.380 e. The van der Waals surface area contributed by atoms with Crippen LogP contribution in [0.25, 0.3) is 0 Å². The van der Waals surface area contributed by atoms with E-state index in [1.165, 1.54) is 0 Å². The van der Waals surface area contributed by atoms with Crippen molar-refractivity contribution in [1.82, 2.24) is 9.97 Å². The van der Waals surface area contributed by atoms with Gasteiger partial charge in [0.05, 0.1) is 13.2 Å². The lowest BCUT2D eigenvalue weighted by Gasteiger charge is -2.25. The summed E-state index contributed by atoms with van der Waals surface area (Å²) in [6, 6.07) is 0. The number of hydrogen-bond donors (Lipinski definition) is 1. The zero-order valence-electron chi connectivity index (χ0n) is 13.1. The molecule has 1 rings (SSSR count). The highest BCUT2D eigenvalue weighted by atomic mass is 79.9. The number of rotatable bonds is 11. The Morgan fingerprint density at radius 2 is 1.71 bits per heavy atom. The van der Waals surface area contributed by atoms with E-state index < -0.39 is 0 Å². The lowest BCUT2D eigenvalue weighted by molar-refractivity contribution is 0.141. The standard InChI is InChI=1S/C14H25BrN4O2/c1-4-16-13-12(15)14(18-11-17-13)19(7-9-20-5-2)8-10-21-6-3/h11H,4-10H2,1-3H3,(H,16,17,18). The second-order valence-electron chi connectivity index (χ2n) is 4.27. The number of nitrogens with one attached hydrogen (secondary N) is 1. The summed E-state index contributed by atoms with van der Waals surface area (Å²) in [6.07, 6.45) is 1.58. The summed E-state index contributed by atoms with van der Waals surface area (Å²) < 4.78 is 11.8. The third-order valence-corrected chi connectivity index (χ3v) is 3.56. The summed E-state index contributed by atoms with van der Waals surface area (Å²) in [4.78, 5) is 10.8. The molecule has 0 spiro atoms. The minimum Gasteiger partial charge on any atom is -0.380 e. The van der Waals surface area contributed by atoms with Gasteiger partial charge in [-0.1, -0.05) is 0 Å². The zero-order valence-corrected chi connectivity index (χ0v) is 14.6. The maximum atomic E-state index is 5.45. The highest BCUT2D eigenvalue weighted by Gasteiger charge is 2.15. The van der Waals surface area contributed by atoms with E-state index in [1.807, 2.05) is 20.8 Å². The van der Waals surface area contributed by atoms with Gasteiger partial charge in [0, 0.05) is 32.8 Å². The summed E-state index contributed by atoms with van der Waals surface area (Å²) in [7, 11) is 0. The van der Waals surface area contributed by atoms with E-state index in [-0.39, 0.29) is 0 Å². The van der Waals surface area contributed by atoms with Crippen molar-refractivity contribution in [3.63, 3.8) is 0 Å². The van der Waals surface area contributed by atoms with Crippen molar-refractivity contribution in [2.24, 2.45) is 0 Å². The van der Waals surface area contributed by atoms with Crippen LogP contribution in [0.3, 0.4) is 0 Å². The average molecular weight is 361 g/mol. The van der Waals surface area contributed by atoms with Gasteiger partial charge in [-0.25, -0.2) is 9.97 Å². The van der Waals surface area contributed by atoms with Crippen molar-refractivity contribution in [3.05, 3.63) is 10.8 Å². The fourth-order valence-electron chi connectivity index (χ4n) is 1.83. The van der Waals surface area contributed by atoms with Crippen molar-refractivity contribution in [2.75, 3.05) is 56.3 Å². The Bertz CT molecular complexity index is 397. The molecule has 1 heterocycles. The Hall–Kier alpha value is -0.920. The van der Waals surface area contributed by atoms with E-state index in [0.29, 0.717) is 26.4 Å². The van der Waals surface area contributed by atoms with Crippen LogP contribution in [0.5, 0.6) is 0 Å². The molecule has 120 valence electrons. The van der Waals surface area contributed by atoms with E-state index in [2.05, 4.69) is 36.1 Å². The quantitative estimate of drug-likeness (QED) is 0.612. The Morgan fingerprint density at radius 3 is 2.24 bits per heavy atom. The van der Waals surface area contributed by atoms with Crippen LogP contribution >= 0.6 is 15.9 Å². The van der Waals surface area contributed by atoms with Crippen molar-refractivity contribution >= 4 is 27.6 Å². The first-order valence-electron chi connectivity index (χ1n) is 7.39. The van der Waals surface area contributed by atoms with Gasteiger partial charge < -0.3 is 19.7 Å². The summed E-state index contributed by atoms with van der Waals surface area (Å²) in [5.74, 6) is 1.67. The van der Waals surface area contributed by atoms with Crippen molar-refractivity contribution in [1.29, 1.82) is 0 Å². The van der Waals surface area contributed by atoms with Gasteiger partial charge in [-0.15, -0.1) is 0 Å². The normalized spacial score (nSPS) is 10.7. The van der Waals surface area contributed by atoms with Crippen LogP contribution in [0.1, 0.15) is 20.8 Å². The first-order chi connectivity index (χ1) is 10.2. The Morgan fingerprint density at radius 1 is 1.10 bits per heavy atom. The molecule has 0 aromatic carbocycles. The predicted molar refractivity (Wildman–Crippen MR) is 89.1 cm³/mol. The molecule has 0 saturated carbocycles. The molecule has 0 bridgehead atoms. The number of halogens is 1. The lowest BCUT2D eigenvalue weighted by atomic mass is 10.4. The van der Waals surface area contributed by atoms with E-state index >= 15 is 0 Å². The lowest BCUT2D eigenvalue weighted by Crippen LogP contribution is -2.32. The molecule has 1 N–H and O–H groups in total. The molecule has 0 fully saturated rings. The second-order valence-corrected chi connectivity index (χ2v) is 5.06. The van der Waals surface area contributed by atoms with Crippen LogP contribution < -0.4 is 10.2 Å². The molecule has 7 heteroatoms. The fourth-order valence-corrected chi connectivity index (χ4v) is 2.43. The minimum absolute atomic E-state index is 0.662. The maximum absolute atomic E-state index is 5.45. The van der Waals surface area contributed by atoms with E-state index in [4.69, 9.17) is 9.47 Å². The fraction of sp³-hybridized carbons (Fsp3) is 0.714. The number of nitrogens with zero attached hydrogens (tertiary/aromatic N) is 3. The topological polar surface area (TPSA) is 59.5 Å². The maximum Gasteiger partial charge on any atom is 0.148 e. The van der Waals surface area contributed by atoms with Gasteiger partial charge in [-0.2, -0.15) is 0 Å². The molecular formula is C14H25BrN4O2. The Balaban J connectivity index is 2.81. The van der Waals surface area contributed by atoms with Crippen molar-refractivity contribution in [2.45, 2.75) is 20.8 Å². The zero-order chi connectivity index (χ0) is 15.5. The van der Waals surface area contributed by atoms with E-state index in [9.17, 15) is 0 Å². The van der Waals surface area contributed by atoms with E-state index in [0.717, 1.165) is 35.7 Å². The van der Waals surface area contributed by atoms with Crippen molar-refractivity contribution in [3.8, 4) is 0 Å². The molecule has 0 aliphatic heterocycles. The molecule has 1 aromatic heterocycles. The highest BCUT2D eigenvalue weighted by molar-refractivity contribution is 9.10. The van der Waals surface area contributed by atoms with Gasteiger partial charge in [-0.05, 0) is 36.7 Å². The molecule has 1 aromatic rings. The molecule has 0 radical (unpaired) electrons. The van der Waals surface area contributed by atoms with E-state index in [1.54, 1.807) is 6.33 Å². The Labute approximate surface area is 135 Å². The van der Waals surface area contributed by atoms with Crippen LogP contribution in [0, 0.1) is 0 Å². The van der Waals surface area contributed by atoms with Crippen molar-refractivity contribution < 1.29 is 9.47 Å².